The van der Waals surface area contributed by atoms with E-state index in [9.17, 15) is 9.18 Å². The number of thioether (sulfide) groups is 1. The van der Waals surface area contributed by atoms with Crippen LogP contribution in [0.3, 0.4) is 0 Å². The summed E-state index contributed by atoms with van der Waals surface area (Å²) in [6.45, 7) is 0. The summed E-state index contributed by atoms with van der Waals surface area (Å²) in [6, 6.07) is 12.1. The number of thiazole rings is 1. The molecule has 0 spiro atoms. The fourth-order valence-corrected chi connectivity index (χ4v) is 3.47. The van der Waals surface area contributed by atoms with Crippen LogP contribution in [0.4, 0.5) is 9.52 Å². The molecule has 3 rings (SSSR count). The molecule has 0 saturated heterocycles. The number of nitrogens with one attached hydrogen (secondary N) is 1. The Balaban J connectivity index is 1.79. The van der Waals surface area contributed by atoms with Crippen molar-refractivity contribution in [1.82, 2.24) is 4.98 Å². The van der Waals surface area contributed by atoms with E-state index in [4.69, 9.17) is 11.6 Å². The quantitative estimate of drug-likeness (QED) is 0.603. The number of rotatable bonds is 4. The molecular formula is C17H12ClFN2OS2. The summed E-state index contributed by atoms with van der Waals surface area (Å²) >= 11 is 8.84. The van der Waals surface area contributed by atoms with E-state index in [1.54, 1.807) is 11.8 Å². The molecule has 0 aliphatic heterocycles. The first-order chi connectivity index (χ1) is 11.6. The second kappa shape index (κ2) is 7.34. The normalized spacial score (nSPS) is 10.6. The fraction of sp³-hybridized carbons (Fsp3) is 0.0588. The zero-order chi connectivity index (χ0) is 17.1. The predicted octanol–water partition coefficient (Wildman–Crippen LogP) is 5.58. The van der Waals surface area contributed by atoms with Crippen LogP contribution >= 0.6 is 34.7 Å². The molecule has 7 heteroatoms. The maximum atomic E-state index is 13.8. The van der Waals surface area contributed by atoms with Crippen LogP contribution in [0.25, 0.3) is 11.3 Å². The lowest BCUT2D eigenvalue weighted by Crippen LogP contribution is -2.14. The number of aromatic nitrogens is 1. The van der Waals surface area contributed by atoms with Crippen molar-refractivity contribution in [3.8, 4) is 11.3 Å². The molecule has 0 aliphatic rings. The summed E-state index contributed by atoms with van der Waals surface area (Å²) in [4.78, 5) is 17.8. The summed E-state index contributed by atoms with van der Waals surface area (Å²) in [5.41, 5.74) is 1.52. The lowest BCUT2D eigenvalue weighted by atomic mass is 10.2. The molecule has 0 saturated carbocycles. The first kappa shape index (κ1) is 17.0. The van der Waals surface area contributed by atoms with Gasteiger partial charge in [0.15, 0.2) is 5.13 Å². The number of halogens is 2. The van der Waals surface area contributed by atoms with Crippen LogP contribution < -0.4 is 5.32 Å². The summed E-state index contributed by atoms with van der Waals surface area (Å²) < 4.78 is 13.8. The van der Waals surface area contributed by atoms with E-state index >= 15 is 0 Å². The van der Waals surface area contributed by atoms with Crippen LogP contribution in [-0.2, 0) is 0 Å². The first-order valence-electron chi connectivity index (χ1n) is 6.94. The molecule has 0 fully saturated rings. The minimum atomic E-state index is -0.663. The van der Waals surface area contributed by atoms with Gasteiger partial charge in [0.25, 0.3) is 5.91 Å². The largest absolute Gasteiger partial charge is 0.298 e. The fourth-order valence-electron chi connectivity index (χ4n) is 2.10. The molecule has 0 radical (unpaired) electrons. The Kier molecular flexibility index (Phi) is 5.18. The van der Waals surface area contributed by atoms with Crippen molar-refractivity contribution in [3.63, 3.8) is 0 Å². The van der Waals surface area contributed by atoms with Crippen molar-refractivity contribution in [2.75, 3.05) is 11.6 Å². The molecule has 3 nitrogen and oxygen atoms in total. The van der Waals surface area contributed by atoms with Crippen LogP contribution in [-0.4, -0.2) is 17.1 Å². The van der Waals surface area contributed by atoms with Crippen molar-refractivity contribution in [2.45, 2.75) is 4.90 Å². The highest BCUT2D eigenvalue weighted by molar-refractivity contribution is 7.98. The molecule has 122 valence electrons. The maximum absolute atomic E-state index is 13.8. The second-order valence-corrected chi connectivity index (χ2v) is 6.96. The van der Waals surface area contributed by atoms with E-state index in [0.717, 1.165) is 16.2 Å². The Labute approximate surface area is 151 Å². The molecule has 24 heavy (non-hydrogen) atoms. The molecule has 3 aromatic rings. The van der Waals surface area contributed by atoms with E-state index in [0.29, 0.717) is 5.13 Å². The second-order valence-electron chi connectivity index (χ2n) is 4.82. The standard InChI is InChI=1S/C17H12ClFN2OS2/c1-23-11-7-5-10(6-8-11)14-9-24-17(20-14)21-16(22)15-12(18)3-2-4-13(15)19/h2-9H,1H3,(H,20,21,22). The van der Waals surface area contributed by atoms with Gasteiger partial charge in [-0.25, -0.2) is 9.37 Å². The lowest BCUT2D eigenvalue weighted by molar-refractivity contribution is 0.102. The monoisotopic (exact) mass is 378 g/mol. The van der Waals surface area contributed by atoms with Crippen LogP contribution in [0.1, 0.15) is 10.4 Å². The Morgan fingerprint density at radius 1 is 1.25 bits per heavy atom. The molecule has 1 heterocycles. The van der Waals surface area contributed by atoms with Gasteiger partial charge >= 0.3 is 0 Å². The molecule has 0 bridgehead atoms. The zero-order valence-corrected chi connectivity index (χ0v) is 14.9. The van der Waals surface area contributed by atoms with Crippen LogP contribution in [0.15, 0.2) is 52.7 Å². The van der Waals surface area contributed by atoms with Crippen molar-refractivity contribution in [1.29, 1.82) is 0 Å². The van der Waals surface area contributed by atoms with Gasteiger partial charge in [-0.1, -0.05) is 29.8 Å². The van der Waals surface area contributed by atoms with E-state index in [1.807, 2.05) is 35.9 Å². The third-order valence-corrected chi connectivity index (χ3v) is 5.12. The van der Waals surface area contributed by atoms with E-state index in [-0.39, 0.29) is 10.6 Å². The zero-order valence-electron chi connectivity index (χ0n) is 12.5. The van der Waals surface area contributed by atoms with Gasteiger partial charge in [-0.15, -0.1) is 23.1 Å². The van der Waals surface area contributed by atoms with E-state index < -0.39 is 11.7 Å². The van der Waals surface area contributed by atoms with Crippen LogP contribution in [0.5, 0.6) is 0 Å². The third-order valence-electron chi connectivity index (χ3n) is 3.30. The van der Waals surface area contributed by atoms with Gasteiger partial charge < -0.3 is 0 Å². The predicted molar refractivity (Wildman–Crippen MR) is 98.7 cm³/mol. The molecule has 1 N–H and O–H groups in total. The number of carbonyl (C=O) groups is 1. The Morgan fingerprint density at radius 2 is 2.00 bits per heavy atom. The minimum absolute atomic E-state index is 0.0666. The third kappa shape index (κ3) is 3.61. The number of hydrogen-bond acceptors (Lipinski definition) is 4. The van der Waals surface area contributed by atoms with Crippen molar-refractivity contribution in [2.24, 2.45) is 0 Å². The van der Waals surface area contributed by atoms with Crippen molar-refractivity contribution >= 4 is 45.7 Å². The highest BCUT2D eigenvalue weighted by Gasteiger charge is 2.17. The number of carbonyl (C=O) groups excluding carboxylic acids is 1. The highest BCUT2D eigenvalue weighted by Crippen LogP contribution is 2.28. The Morgan fingerprint density at radius 3 is 2.67 bits per heavy atom. The number of anilines is 1. The van der Waals surface area contributed by atoms with Gasteiger partial charge in [-0.2, -0.15) is 0 Å². The average molecular weight is 379 g/mol. The number of amides is 1. The highest BCUT2D eigenvalue weighted by atomic mass is 35.5. The van der Waals surface area contributed by atoms with Gasteiger partial charge in [0.1, 0.15) is 5.82 Å². The number of nitrogens with zero attached hydrogens (tertiary/aromatic N) is 1. The molecule has 0 aliphatic carbocycles. The summed E-state index contributed by atoms with van der Waals surface area (Å²) in [6.07, 6.45) is 2.01. The SMILES string of the molecule is CSc1ccc(-c2csc(NC(=O)c3c(F)cccc3Cl)n2)cc1. The summed E-state index contributed by atoms with van der Waals surface area (Å²) in [7, 11) is 0. The topological polar surface area (TPSA) is 42.0 Å². The lowest BCUT2D eigenvalue weighted by Gasteiger charge is -2.05. The van der Waals surface area contributed by atoms with Crippen LogP contribution in [0, 0.1) is 5.82 Å². The Bertz CT molecular complexity index is 860. The van der Waals surface area contributed by atoms with Gasteiger partial charge in [0, 0.05) is 15.8 Å². The summed E-state index contributed by atoms with van der Waals surface area (Å²) in [5, 5.41) is 4.89. The van der Waals surface area contributed by atoms with E-state index in [2.05, 4.69) is 10.3 Å². The van der Waals surface area contributed by atoms with E-state index in [1.165, 1.54) is 29.5 Å². The first-order valence-corrected chi connectivity index (χ1v) is 9.42. The number of benzene rings is 2. The molecule has 1 amide bonds. The average Bonchev–Trinajstić information content (AvgIpc) is 3.03. The molecule has 0 unspecified atom stereocenters. The van der Waals surface area contributed by atoms with Crippen molar-refractivity contribution < 1.29 is 9.18 Å². The molecule has 2 aromatic carbocycles. The smallest absolute Gasteiger partial charge is 0.261 e. The minimum Gasteiger partial charge on any atom is -0.298 e. The van der Waals surface area contributed by atoms with Gasteiger partial charge in [-0.3, -0.25) is 10.1 Å². The number of hydrogen-bond donors (Lipinski definition) is 1. The molecular weight excluding hydrogens is 367 g/mol. The Hall–Kier alpha value is -1.89. The van der Waals surface area contributed by atoms with Crippen LogP contribution in [0.2, 0.25) is 5.02 Å². The molecule has 1 aromatic heterocycles. The van der Waals surface area contributed by atoms with Gasteiger partial charge in [0.2, 0.25) is 0 Å². The maximum Gasteiger partial charge on any atom is 0.261 e. The van der Waals surface area contributed by atoms with Gasteiger partial charge in [0.05, 0.1) is 16.3 Å². The molecule has 0 atom stereocenters. The van der Waals surface area contributed by atoms with Crippen molar-refractivity contribution in [3.05, 3.63) is 64.2 Å². The van der Waals surface area contributed by atoms with Gasteiger partial charge in [-0.05, 0) is 30.5 Å². The summed E-state index contributed by atoms with van der Waals surface area (Å²) in [5.74, 6) is -1.28.